The fourth-order valence-electron chi connectivity index (χ4n) is 2.34. The first kappa shape index (κ1) is 16.0. The molecule has 3 rings (SSSR count). The van der Waals surface area contributed by atoms with Gasteiger partial charge in [0.2, 0.25) is 0 Å². The zero-order valence-electron chi connectivity index (χ0n) is 12.8. The summed E-state index contributed by atoms with van der Waals surface area (Å²) in [4.78, 5) is 11.9. The van der Waals surface area contributed by atoms with Gasteiger partial charge >= 0.3 is 6.18 Å². The second-order valence-corrected chi connectivity index (χ2v) is 5.24. The van der Waals surface area contributed by atoms with E-state index in [9.17, 15) is 18.0 Å². The van der Waals surface area contributed by atoms with Crippen molar-refractivity contribution in [3.8, 4) is 0 Å². The normalized spacial score (nSPS) is 12.4. The van der Waals surface area contributed by atoms with Crippen molar-refractivity contribution in [2.75, 3.05) is 0 Å². The van der Waals surface area contributed by atoms with Gasteiger partial charge in [-0.3, -0.25) is 4.79 Å². The van der Waals surface area contributed by atoms with Crippen LogP contribution in [0.25, 0.3) is 23.1 Å². The predicted molar refractivity (Wildman–Crippen MR) is 82.2 cm³/mol. The van der Waals surface area contributed by atoms with E-state index in [1.807, 2.05) is 0 Å². The third-order valence-electron chi connectivity index (χ3n) is 3.54. The average Bonchev–Trinajstić information content (AvgIpc) is 2.95. The Morgan fingerprint density at radius 3 is 2.46 bits per heavy atom. The Balaban J connectivity index is 1.97. The molecule has 0 N–H and O–H groups in total. The molecule has 0 amide bonds. The molecule has 0 atom stereocenters. The van der Waals surface area contributed by atoms with Crippen LogP contribution in [0.1, 0.15) is 22.6 Å². The van der Waals surface area contributed by atoms with Crippen LogP contribution < -0.4 is 5.56 Å². The Hall–Kier alpha value is -2.90. The lowest BCUT2D eigenvalue weighted by Gasteiger charge is -2.05. The summed E-state index contributed by atoms with van der Waals surface area (Å²) in [7, 11) is 1.52. The van der Waals surface area contributed by atoms with Gasteiger partial charge in [-0.2, -0.15) is 18.3 Å². The largest absolute Gasteiger partial charge is 0.416 e. The number of nitrogens with zero attached hydrogens (tertiary/aromatic N) is 3. The minimum atomic E-state index is -4.37. The molecule has 0 aliphatic carbocycles. The van der Waals surface area contributed by atoms with Crippen molar-refractivity contribution in [2.45, 2.75) is 13.1 Å². The summed E-state index contributed by atoms with van der Waals surface area (Å²) in [5.41, 5.74) is 0.196. The Morgan fingerprint density at radius 1 is 1.17 bits per heavy atom. The number of hydrogen-bond acceptors (Lipinski definition) is 4. The molecule has 0 unspecified atom stereocenters. The molecule has 0 radical (unpaired) electrons. The van der Waals surface area contributed by atoms with Crippen molar-refractivity contribution < 1.29 is 17.7 Å². The minimum absolute atomic E-state index is 0.164. The molecule has 124 valence electrons. The summed E-state index contributed by atoms with van der Waals surface area (Å²) in [6, 6.07) is 4.70. The molecule has 0 saturated heterocycles. The molecule has 8 heteroatoms. The lowest BCUT2D eigenvalue weighted by molar-refractivity contribution is -0.137. The molecule has 3 aromatic rings. The Kier molecular flexibility index (Phi) is 3.75. The maximum absolute atomic E-state index is 12.5. The standard InChI is InChI=1S/C16H12F3N3O2/c1-9-13-12(24-21-14(13)15(23)22(2)20-9)8-5-10-3-6-11(7-4-10)16(17,18)19/h3-8H,1-2H3. The predicted octanol–water partition coefficient (Wildman–Crippen LogP) is 3.42. The third kappa shape index (κ3) is 2.82. The molecule has 0 aliphatic heterocycles. The summed E-state index contributed by atoms with van der Waals surface area (Å²) in [5.74, 6) is 0.326. The van der Waals surface area contributed by atoms with Crippen LogP contribution in [-0.4, -0.2) is 14.9 Å². The maximum Gasteiger partial charge on any atom is 0.416 e. The number of hydrogen-bond donors (Lipinski definition) is 0. The van der Waals surface area contributed by atoms with E-state index in [0.29, 0.717) is 22.4 Å². The highest BCUT2D eigenvalue weighted by Gasteiger charge is 2.29. The summed E-state index contributed by atoms with van der Waals surface area (Å²) < 4.78 is 43.9. The van der Waals surface area contributed by atoms with Gasteiger partial charge in [0.25, 0.3) is 5.56 Å². The summed E-state index contributed by atoms with van der Waals surface area (Å²) >= 11 is 0. The monoisotopic (exact) mass is 335 g/mol. The molecular formula is C16H12F3N3O2. The van der Waals surface area contributed by atoms with Crippen molar-refractivity contribution in [3.05, 3.63) is 57.2 Å². The first-order valence-electron chi connectivity index (χ1n) is 6.96. The van der Waals surface area contributed by atoms with Crippen LogP contribution in [-0.2, 0) is 13.2 Å². The van der Waals surface area contributed by atoms with Crippen LogP contribution in [0.2, 0.25) is 0 Å². The molecular weight excluding hydrogens is 323 g/mol. The Labute approximate surface area is 134 Å². The Bertz CT molecular complexity index is 983. The topological polar surface area (TPSA) is 60.9 Å². The van der Waals surface area contributed by atoms with Gasteiger partial charge in [0.1, 0.15) is 0 Å². The van der Waals surface area contributed by atoms with E-state index >= 15 is 0 Å². The lowest BCUT2D eigenvalue weighted by Crippen LogP contribution is -2.20. The van der Waals surface area contributed by atoms with Crippen LogP contribution in [0.3, 0.4) is 0 Å². The summed E-state index contributed by atoms with van der Waals surface area (Å²) in [5, 5.41) is 8.31. The molecule has 0 bridgehead atoms. The van der Waals surface area contributed by atoms with E-state index < -0.39 is 11.7 Å². The summed E-state index contributed by atoms with van der Waals surface area (Å²) in [6.07, 6.45) is -1.24. The highest BCUT2D eigenvalue weighted by molar-refractivity contribution is 5.89. The SMILES string of the molecule is Cc1nn(C)c(=O)c2noc(C=Cc3ccc(C(F)(F)F)cc3)c12. The molecule has 2 heterocycles. The number of fused-ring (bicyclic) bond motifs is 1. The van der Waals surface area contributed by atoms with Gasteiger partial charge in [-0.05, 0) is 30.7 Å². The minimum Gasteiger partial charge on any atom is -0.355 e. The van der Waals surface area contributed by atoms with Crippen molar-refractivity contribution in [2.24, 2.45) is 7.05 Å². The Morgan fingerprint density at radius 2 is 1.83 bits per heavy atom. The second kappa shape index (κ2) is 5.63. The van der Waals surface area contributed by atoms with Gasteiger partial charge in [0, 0.05) is 7.05 Å². The molecule has 0 saturated carbocycles. The van der Waals surface area contributed by atoms with Gasteiger partial charge in [-0.25, -0.2) is 4.68 Å². The molecule has 2 aromatic heterocycles. The van der Waals surface area contributed by atoms with Crippen LogP contribution in [0.4, 0.5) is 13.2 Å². The van der Waals surface area contributed by atoms with Gasteiger partial charge < -0.3 is 4.52 Å². The van der Waals surface area contributed by atoms with Crippen LogP contribution in [0, 0.1) is 6.92 Å². The zero-order valence-corrected chi connectivity index (χ0v) is 12.8. The first-order chi connectivity index (χ1) is 11.3. The van der Waals surface area contributed by atoms with E-state index in [-0.39, 0.29) is 11.1 Å². The lowest BCUT2D eigenvalue weighted by atomic mass is 10.1. The van der Waals surface area contributed by atoms with Crippen LogP contribution >= 0.6 is 0 Å². The highest BCUT2D eigenvalue weighted by atomic mass is 19.4. The third-order valence-corrected chi connectivity index (χ3v) is 3.54. The molecule has 1 aromatic carbocycles. The van der Waals surface area contributed by atoms with Gasteiger partial charge in [-0.15, -0.1) is 0 Å². The smallest absolute Gasteiger partial charge is 0.355 e. The quantitative estimate of drug-likeness (QED) is 0.720. The van der Waals surface area contributed by atoms with Gasteiger partial charge in [0.15, 0.2) is 11.3 Å². The van der Waals surface area contributed by atoms with E-state index in [2.05, 4.69) is 10.3 Å². The highest BCUT2D eigenvalue weighted by Crippen LogP contribution is 2.29. The fraction of sp³-hybridized carbons (Fsp3) is 0.188. The zero-order chi connectivity index (χ0) is 17.5. The van der Waals surface area contributed by atoms with E-state index in [1.165, 1.54) is 23.9 Å². The average molecular weight is 335 g/mol. The van der Waals surface area contributed by atoms with E-state index in [0.717, 1.165) is 12.1 Å². The fourth-order valence-corrected chi connectivity index (χ4v) is 2.34. The van der Waals surface area contributed by atoms with E-state index in [4.69, 9.17) is 4.52 Å². The molecule has 24 heavy (non-hydrogen) atoms. The van der Waals surface area contributed by atoms with Crippen molar-refractivity contribution in [1.29, 1.82) is 0 Å². The van der Waals surface area contributed by atoms with Crippen molar-refractivity contribution in [1.82, 2.24) is 14.9 Å². The number of aryl methyl sites for hydroxylation is 2. The molecule has 0 spiro atoms. The number of rotatable bonds is 2. The molecule has 0 fully saturated rings. The summed E-state index contributed by atoms with van der Waals surface area (Å²) in [6.45, 7) is 1.72. The number of benzene rings is 1. The van der Waals surface area contributed by atoms with Crippen LogP contribution in [0.5, 0.6) is 0 Å². The number of halogens is 3. The first-order valence-corrected chi connectivity index (χ1v) is 6.96. The van der Waals surface area contributed by atoms with Crippen LogP contribution in [0.15, 0.2) is 33.6 Å². The number of alkyl halides is 3. The molecule has 0 aliphatic rings. The van der Waals surface area contributed by atoms with Crippen molar-refractivity contribution in [3.63, 3.8) is 0 Å². The maximum atomic E-state index is 12.5. The van der Waals surface area contributed by atoms with Crippen molar-refractivity contribution >= 4 is 23.1 Å². The number of aromatic nitrogens is 3. The van der Waals surface area contributed by atoms with Gasteiger partial charge in [0.05, 0.1) is 16.6 Å². The van der Waals surface area contributed by atoms with E-state index in [1.54, 1.807) is 19.1 Å². The van der Waals surface area contributed by atoms with Gasteiger partial charge in [-0.1, -0.05) is 23.4 Å². The second-order valence-electron chi connectivity index (χ2n) is 5.24. The molecule has 5 nitrogen and oxygen atoms in total.